The Bertz CT molecular complexity index is 455. The molecule has 0 saturated carbocycles. The molecule has 5 heteroatoms. The maximum Gasteiger partial charge on any atom is 0.155 e. The van der Waals surface area contributed by atoms with E-state index < -0.39 is 5.82 Å². The summed E-state index contributed by atoms with van der Waals surface area (Å²) >= 11 is 7.48. The number of hydrogen-bond acceptors (Lipinski definition) is 3. The maximum absolute atomic E-state index is 13.7. The van der Waals surface area contributed by atoms with Gasteiger partial charge in [-0.25, -0.2) is 4.39 Å². The lowest BCUT2D eigenvalue weighted by molar-refractivity contribution is -0.122. The van der Waals surface area contributed by atoms with Gasteiger partial charge in [0.25, 0.3) is 0 Å². The van der Waals surface area contributed by atoms with Gasteiger partial charge in [-0.3, -0.25) is 9.69 Å². The van der Waals surface area contributed by atoms with Gasteiger partial charge in [0.2, 0.25) is 0 Å². The Labute approximate surface area is 115 Å². The van der Waals surface area contributed by atoms with E-state index >= 15 is 0 Å². The Morgan fingerprint density at radius 1 is 1.61 bits per heavy atom. The molecule has 0 aromatic heterocycles. The van der Waals surface area contributed by atoms with Crippen molar-refractivity contribution in [2.24, 2.45) is 0 Å². The number of ketones is 1. The number of nitrogens with zero attached hydrogens (tertiary/aromatic N) is 1. The van der Waals surface area contributed by atoms with Crippen LogP contribution in [0.2, 0.25) is 5.02 Å². The highest BCUT2D eigenvalue weighted by Crippen LogP contribution is 2.21. The molecule has 0 N–H and O–H groups in total. The van der Waals surface area contributed by atoms with Gasteiger partial charge in [0.05, 0.1) is 11.1 Å². The van der Waals surface area contributed by atoms with Gasteiger partial charge < -0.3 is 0 Å². The molecule has 0 bridgehead atoms. The predicted molar refractivity (Wildman–Crippen MR) is 73.9 cm³/mol. The van der Waals surface area contributed by atoms with Crippen molar-refractivity contribution in [2.45, 2.75) is 12.5 Å². The SMILES string of the molecule is CN1CCSCC1C(=O)Cc1cccc(Cl)c1F. The fraction of sp³-hybridized carbons (Fsp3) is 0.462. The van der Waals surface area contributed by atoms with Crippen molar-refractivity contribution in [3.05, 3.63) is 34.6 Å². The van der Waals surface area contributed by atoms with Gasteiger partial charge in [0.1, 0.15) is 5.82 Å². The number of halogens is 2. The summed E-state index contributed by atoms with van der Waals surface area (Å²) in [5, 5.41) is 0.0756. The van der Waals surface area contributed by atoms with Crippen LogP contribution in [0.3, 0.4) is 0 Å². The fourth-order valence-electron chi connectivity index (χ4n) is 2.02. The molecule has 0 spiro atoms. The van der Waals surface area contributed by atoms with Crippen LogP contribution < -0.4 is 0 Å². The van der Waals surface area contributed by atoms with Gasteiger partial charge in [-0.2, -0.15) is 11.8 Å². The summed E-state index contributed by atoms with van der Waals surface area (Å²) in [6.07, 6.45) is 0.113. The molecule has 1 unspecified atom stereocenters. The molecule has 1 atom stereocenters. The minimum atomic E-state index is -0.473. The van der Waals surface area contributed by atoms with Gasteiger partial charge in [0, 0.05) is 24.5 Å². The van der Waals surface area contributed by atoms with Crippen molar-refractivity contribution in [2.75, 3.05) is 25.1 Å². The van der Waals surface area contributed by atoms with Crippen molar-refractivity contribution in [1.82, 2.24) is 4.90 Å². The fourth-order valence-corrected chi connectivity index (χ4v) is 3.46. The van der Waals surface area contributed by atoms with E-state index in [9.17, 15) is 9.18 Å². The van der Waals surface area contributed by atoms with Gasteiger partial charge in [-0.1, -0.05) is 23.7 Å². The second-order valence-electron chi connectivity index (χ2n) is 4.43. The number of hydrogen-bond donors (Lipinski definition) is 0. The van der Waals surface area contributed by atoms with Crippen molar-refractivity contribution in [3.8, 4) is 0 Å². The largest absolute Gasteiger partial charge is 0.298 e. The highest BCUT2D eigenvalue weighted by molar-refractivity contribution is 7.99. The van der Waals surface area contributed by atoms with Crippen molar-refractivity contribution in [1.29, 1.82) is 0 Å². The zero-order valence-electron chi connectivity index (χ0n) is 10.2. The van der Waals surface area contributed by atoms with Crippen molar-refractivity contribution < 1.29 is 9.18 Å². The molecule has 2 nitrogen and oxygen atoms in total. The molecule has 18 heavy (non-hydrogen) atoms. The molecular formula is C13H15ClFNOS. The summed E-state index contributed by atoms with van der Waals surface area (Å²) in [5.41, 5.74) is 0.386. The quantitative estimate of drug-likeness (QED) is 0.852. The molecule has 98 valence electrons. The zero-order chi connectivity index (χ0) is 13.1. The second kappa shape index (κ2) is 6.04. The van der Waals surface area contributed by atoms with Crippen LogP contribution in [0, 0.1) is 5.82 Å². The van der Waals surface area contributed by atoms with E-state index in [2.05, 4.69) is 0 Å². The first-order valence-corrected chi connectivity index (χ1v) is 7.36. The normalized spacial score (nSPS) is 20.9. The molecule has 0 radical (unpaired) electrons. The average Bonchev–Trinajstić information content (AvgIpc) is 2.35. The van der Waals surface area contributed by atoms with Crippen LogP contribution >= 0.6 is 23.4 Å². The molecule has 1 heterocycles. The number of thioether (sulfide) groups is 1. The third-order valence-electron chi connectivity index (χ3n) is 3.16. The van der Waals surface area contributed by atoms with Crippen LogP contribution in [0.15, 0.2) is 18.2 Å². The van der Waals surface area contributed by atoms with Gasteiger partial charge >= 0.3 is 0 Å². The van der Waals surface area contributed by atoms with Gasteiger partial charge in [0.15, 0.2) is 5.78 Å². The van der Waals surface area contributed by atoms with E-state index in [1.807, 2.05) is 11.9 Å². The highest BCUT2D eigenvalue weighted by Gasteiger charge is 2.26. The first-order valence-electron chi connectivity index (χ1n) is 5.83. The minimum Gasteiger partial charge on any atom is -0.298 e. The molecule has 1 aliphatic rings. The molecule has 1 aromatic carbocycles. The number of likely N-dealkylation sites (N-methyl/N-ethyl adjacent to an activating group) is 1. The molecule has 2 rings (SSSR count). The Morgan fingerprint density at radius 2 is 2.39 bits per heavy atom. The van der Waals surface area contributed by atoms with E-state index in [4.69, 9.17) is 11.6 Å². The third kappa shape index (κ3) is 3.05. The van der Waals surface area contributed by atoms with E-state index in [1.165, 1.54) is 6.07 Å². The van der Waals surface area contributed by atoms with E-state index in [0.29, 0.717) is 5.56 Å². The summed E-state index contributed by atoms with van der Waals surface area (Å²) in [7, 11) is 1.94. The topological polar surface area (TPSA) is 20.3 Å². The summed E-state index contributed by atoms with van der Waals surface area (Å²) in [6, 6.07) is 4.68. The molecule has 1 fully saturated rings. The van der Waals surface area contributed by atoms with E-state index in [-0.39, 0.29) is 23.3 Å². The first kappa shape index (κ1) is 13.8. The minimum absolute atomic E-state index is 0.0610. The average molecular weight is 288 g/mol. The molecule has 0 aliphatic carbocycles. The van der Waals surface area contributed by atoms with Crippen LogP contribution in [0.25, 0.3) is 0 Å². The second-order valence-corrected chi connectivity index (χ2v) is 5.98. The summed E-state index contributed by atoms with van der Waals surface area (Å²) in [4.78, 5) is 14.2. The lowest BCUT2D eigenvalue weighted by Crippen LogP contribution is -2.45. The van der Waals surface area contributed by atoms with E-state index in [0.717, 1.165) is 18.1 Å². The monoisotopic (exact) mass is 287 g/mol. The molecule has 0 amide bonds. The summed E-state index contributed by atoms with van der Waals surface area (Å²) in [5.74, 6) is 1.42. The van der Waals surface area contributed by atoms with Crippen LogP contribution in [0.5, 0.6) is 0 Å². The third-order valence-corrected chi connectivity index (χ3v) is 4.48. The molecular weight excluding hydrogens is 273 g/mol. The lowest BCUT2D eigenvalue weighted by Gasteiger charge is -2.30. The van der Waals surface area contributed by atoms with Crippen LogP contribution in [0.4, 0.5) is 4.39 Å². The predicted octanol–water partition coefficient (Wildman–Crippen LogP) is 2.64. The lowest BCUT2D eigenvalue weighted by atomic mass is 10.0. The number of carbonyl (C=O) groups excluding carboxylic acids is 1. The standard InChI is InChI=1S/C13H15ClFNOS/c1-16-5-6-18-8-11(16)12(17)7-9-3-2-4-10(14)13(9)15/h2-4,11H,5-8H2,1H3. The summed E-state index contributed by atoms with van der Waals surface area (Å²) < 4.78 is 13.7. The number of Topliss-reactive ketones (excluding diaryl/α,β-unsaturated/α-hetero) is 1. The number of rotatable bonds is 3. The molecule has 1 aromatic rings. The van der Waals surface area contributed by atoms with E-state index in [1.54, 1.807) is 23.9 Å². The van der Waals surface area contributed by atoms with Crippen LogP contribution in [0.1, 0.15) is 5.56 Å². The first-order chi connectivity index (χ1) is 8.59. The van der Waals surface area contributed by atoms with Gasteiger partial charge in [-0.05, 0) is 18.7 Å². The van der Waals surface area contributed by atoms with Crippen LogP contribution in [-0.4, -0.2) is 41.8 Å². The smallest absolute Gasteiger partial charge is 0.155 e. The Balaban J connectivity index is 2.09. The highest BCUT2D eigenvalue weighted by atomic mass is 35.5. The Hall–Kier alpha value is -0.580. The number of carbonyl (C=O) groups is 1. The van der Waals surface area contributed by atoms with Crippen molar-refractivity contribution >= 4 is 29.1 Å². The number of benzene rings is 1. The Morgan fingerprint density at radius 3 is 3.11 bits per heavy atom. The Kier molecular flexibility index (Phi) is 4.65. The van der Waals surface area contributed by atoms with Crippen molar-refractivity contribution in [3.63, 3.8) is 0 Å². The maximum atomic E-state index is 13.7. The van der Waals surface area contributed by atoms with Crippen LogP contribution in [-0.2, 0) is 11.2 Å². The summed E-state index contributed by atoms with van der Waals surface area (Å²) in [6.45, 7) is 0.902. The zero-order valence-corrected chi connectivity index (χ0v) is 11.7. The molecule has 1 saturated heterocycles. The van der Waals surface area contributed by atoms with Gasteiger partial charge in [-0.15, -0.1) is 0 Å². The molecule has 1 aliphatic heterocycles.